The van der Waals surface area contributed by atoms with Crippen LogP contribution in [0.25, 0.3) is 10.8 Å². The number of carbonyl (C=O) groups is 4. The maximum atomic E-state index is 13.7. The highest BCUT2D eigenvalue weighted by molar-refractivity contribution is 6.25. The summed E-state index contributed by atoms with van der Waals surface area (Å²) in [5.41, 5.74) is -0.451. The zero-order valence-electron chi connectivity index (χ0n) is 23.5. The first-order valence-corrected chi connectivity index (χ1v) is 13.2. The van der Waals surface area contributed by atoms with Gasteiger partial charge in [-0.05, 0) is 42.2 Å². The van der Waals surface area contributed by atoms with E-state index >= 15 is 0 Å². The molecule has 1 aliphatic heterocycles. The summed E-state index contributed by atoms with van der Waals surface area (Å²) in [4.78, 5) is 51.1. The van der Waals surface area contributed by atoms with Gasteiger partial charge in [0.2, 0.25) is 0 Å². The molecule has 1 amide bonds. The lowest BCUT2D eigenvalue weighted by atomic mass is 9.71. The monoisotopic (exact) mass is 571 g/mol. The Bertz CT molecular complexity index is 1750. The van der Waals surface area contributed by atoms with E-state index in [1.807, 2.05) is 36.4 Å². The number of fused-ring (bicyclic) bond motifs is 4. The Morgan fingerprint density at radius 1 is 1.07 bits per heavy atom. The SMILES string of the molecule is COC(=O)CCc1cc(CNC(=O)c2c(OC)cc(O)c3c2OC2=CC(O)=C(C(C)=O)C(=O)[C@]23C)c2ccccc2c1. The van der Waals surface area contributed by atoms with Crippen molar-refractivity contribution < 1.29 is 43.6 Å². The van der Waals surface area contributed by atoms with E-state index in [4.69, 9.17) is 14.2 Å². The molecule has 3 aromatic carbocycles. The van der Waals surface area contributed by atoms with Gasteiger partial charge in [0.05, 0.1) is 19.8 Å². The van der Waals surface area contributed by atoms with Gasteiger partial charge in [0.25, 0.3) is 5.91 Å². The van der Waals surface area contributed by atoms with Gasteiger partial charge in [-0.25, -0.2) is 0 Å². The number of rotatable bonds is 8. The number of ether oxygens (including phenoxy) is 3. The molecule has 5 rings (SSSR count). The van der Waals surface area contributed by atoms with E-state index in [0.29, 0.717) is 6.42 Å². The van der Waals surface area contributed by atoms with Gasteiger partial charge in [0.1, 0.15) is 39.6 Å². The van der Waals surface area contributed by atoms with Crippen LogP contribution in [-0.2, 0) is 37.5 Å². The summed E-state index contributed by atoms with van der Waals surface area (Å²) in [7, 11) is 2.66. The topological polar surface area (TPSA) is 148 Å². The molecule has 216 valence electrons. The van der Waals surface area contributed by atoms with Gasteiger partial charge in [-0.15, -0.1) is 0 Å². The smallest absolute Gasteiger partial charge is 0.305 e. The van der Waals surface area contributed by atoms with Crippen molar-refractivity contribution in [2.24, 2.45) is 0 Å². The average Bonchev–Trinajstić information content (AvgIpc) is 3.27. The maximum Gasteiger partial charge on any atom is 0.305 e. The van der Waals surface area contributed by atoms with Crippen LogP contribution in [0.2, 0.25) is 0 Å². The molecule has 0 fully saturated rings. The number of esters is 1. The van der Waals surface area contributed by atoms with Crippen LogP contribution in [0.15, 0.2) is 65.6 Å². The molecule has 2 aliphatic rings. The van der Waals surface area contributed by atoms with E-state index in [9.17, 15) is 29.4 Å². The number of hydrogen-bond acceptors (Lipinski definition) is 9. The quantitative estimate of drug-likeness (QED) is 0.268. The molecule has 0 aromatic heterocycles. The van der Waals surface area contributed by atoms with Crippen LogP contribution in [0.5, 0.6) is 17.2 Å². The number of Topliss-reactive ketones (excluding diaryl/α,β-unsaturated/α-hetero) is 2. The first-order valence-electron chi connectivity index (χ1n) is 13.2. The fraction of sp³-hybridized carbons (Fsp3) is 0.250. The number of phenolic OH excluding ortho intramolecular Hbond substituents is 1. The minimum Gasteiger partial charge on any atom is -0.507 e. The molecule has 42 heavy (non-hydrogen) atoms. The number of carbonyl (C=O) groups excluding carboxylic acids is 4. The Kier molecular flexibility index (Phi) is 7.24. The normalized spacial score (nSPS) is 17.2. The van der Waals surface area contributed by atoms with Crippen LogP contribution in [0.3, 0.4) is 0 Å². The molecule has 0 bridgehead atoms. The minimum atomic E-state index is -1.65. The predicted molar refractivity (Wildman–Crippen MR) is 152 cm³/mol. The Morgan fingerprint density at radius 3 is 2.50 bits per heavy atom. The molecule has 3 aromatic rings. The zero-order valence-corrected chi connectivity index (χ0v) is 23.5. The molecule has 0 unspecified atom stereocenters. The Hall–Kier alpha value is -5.12. The molecule has 0 saturated heterocycles. The van der Waals surface area contributed by atoms with E-state index in [1.165, 1.54) is 27.2 Å². The molecule has 10 nitrogen and oxygen atoms in total. The second-order valence-electron chi connectivity index (χ2n) is 10.3. The van der Waals surface area contributed by atoms with Crippen molar-refractivity contribution >= 4 is 34.2 Å². The van der Waals surface area contributed by atoms with Crippen LogP contribution in [-0.4, -0.2) is 47.9 Å². The number of aliphatic hydroxyl groups is 1. The van der Waals surface area contributed by atoms with Gasteiger partial charge in [0, 0.05) is 25.1 Å². The van der Waals surface area contributed by atoms with Gasteiger partial charge in [0.15, 0.2) is 17.3 Å². The fourth-order valence-corrected chi connectivity index (χ4v) is 5.58. The predicted octanol–water partition coefficient (Wildman–Crippen LogP) is 4.11. The van der Waals surface area contributed by atoms with Crippen molar-refractivity contribution in [1.82, 2.24) is 5.32 Å². The molecule has 0 radical (unpaired) electrons. The largest absolute Gasteiger partial charge is 0.507 e. The Balaban J connectivity index is 1.52. The van der Waals surface area contributed by atoms with Crippen molar-refractivity contribution in [1.29, 1.82) is 0 Å². The van der Waals surface area contributed by atoms with E-state index in [0.717, 1.165) is 34.9 Å². The van der Waals surface area contributed by atoms with Gasteiger partial charge in [-0.3, -0.25) is 19.2 Å². The number of amides is 1. The van der Waals surface area contributed by atoms with Crippen LogP contribution < -0.4 is 14.8 Å². The number of benzene rings is 3. The van der Waals surface area contributed by atoms with Gasteiger partial charge < -0.3 is 29.7 Å². The number of phenols is 1. The summed E-state index contributed by atoms with van der Waals surface area (Å²) in [6, 6.07) is 12.8. The number of methoxy groups -OCH3 is 2. The third-order valence-electron chi connectivity index (χ3n) is 7.73. The van der Waals surface area contributed by atoms with Crippen LogP contribution in [0.4, 0.5) is 0 Å². The second-order valence-corrected chi connectivity index (χ2v) is 10.3. The first kappa shape index (κ1) is 28.4. The highest BCUT2D eigenvalue weighted by Crippen LogP contribution is 2.56. The first-order chi connectivity index (χ1) is 20.0. The third kappa shape index (κ3) is 4.54. The van der Waals surface area contributed by atoms with Crippen molar-refractivity contribution in [2.75, 3.05) is 14.2 Å². The molecule has 0 saturated carbocycles. The van der Waals surface area contributed by atoms with Crippen molar-refractivity contribution in [3.63, 3.8) is 0 Å². The summed E-state index contributed by atoms with van der Waals surface area (Å²) in [5.74, 6) is -3.40. The van der Waals surface area contributed by atoms with Crippen molar-refractivity contribution in [3.05, 3.63) is 87.9 Å². The molecule has 10 heteroatoms. The van der Waals surface area contributed by atoms with E-state index in [2.05, 4.69) is 5.32 Å². The lowest BCUT2D eigenvalue weighted by Gasteiger charge is -2.27. The summed E-state index contributed by atoms with van der Waals surface area (Å²) in [5, 5.41) is 26.1. The van der Waals surface area contributed by atoms with Crippen LogP contribution in [0, 0.1) is 0 Å². The summed E-state index contributed by atoms with van der Waals surface area (Å²) in [6.45, 7) is 2.71. The Labute approximate surface area is 241 Å². The van der Waals surface area contributed by atoms with Gasteiger partial charge >= 0.3 is 5.97 Å². The van der Waals surface area contributed by atoms with E-state index in [1.54, 1.807) is 0 Å². The van der Waals surface area contributed by atoms with Crippen molar-refractivity contribution in [2.45, 2.75) is 38.6 Å². The van der Waals surface area contributed by atoms with Crippen molar-refractivity contribution in [3.8, 4) is 17.2 Å². The lowest BCUT2D eigenvalue weighted by Crippen LogP contribution is -2.38. The second kappa shape index (κ2) is 10.7. The van der Waals surface area contributed by atoms with E-state index in [-0.39, 0.29) is 53.1 Å². The molecule has 1 heterocycles. The number of allylic oxidation sites excluding steroid dienone is 3. The highest BCUT2D eigenvalue weighted by atomic mass is 16.5. The highest BCUT2D eigenvalue weighted by Gasteiger charge is 2.55. The average molecular weight is 572 g/mol. The number of hydrogen-bond donors (Lipinski definition) is 3. The van der Waals surface area contributed by atoms with Crippen LogP contribution >= 0.6 is 0 Å². The molecule has 3 N–H and O–H groups in total. The molecule has 1 aliphatic carbocycles. The Morgan fingerprint density at radius 2 is 1.81 bits per heavy atom. The standard InChI is InChI=1S/C32H29NO9/c1-16(34)26-21(35)14-24-32(2,30(26)38)28-22(36)13-23(40-3)27(29(28)42-24)31(39)33-15-19-12-17(9-10-25(37)41-4)11-18-7-5-6-8-20(18)19/h5-8,11-14,35-36H,9-10,15H2,1-4H3,(H,33,39)/t32-/m1/s1. The number of aromatic hydroxyl groups is 1. The maximum absolute atomic E-state index is 13.7. The summed E-state index contributed by atoms with van der Waals surface area (Å²) in [6.07, 6.45) is 1.81. The molecular formula is C32H29NO9. The number of ketones is 2. The number of aryl methyl sites for hydroxylation is 1. The third-order valence-corrected chi connectivity index (χ3v) is 7.73. The zero-order chi connectivity index (χ0) is 30.3. The van der Waals surface area contributed by atoms with Gasteiger partial charge in [-0.1, -0.05) is 36.4 Å². The summed E-state index contributed by atoms with van der Waals surface area (Å²) < 4.78 is 16.1. The van der Waals surface area contributed by atoms with E-state index < -0.39 is 34.2 Å². The molecule has 1 atom stereocenters. The van der Waals surface area contributed by atoms with Crippen LogP contribution in [0.1, 0.15) is 47.3 Å². The number of aliphatic hydroxyl groups excluding tert-OH is 1. The summed E-state index contributed by atoms with van der Waals surface area (Å²) >= 11 is 0. The minimum absolute atomic E-state index is 0.000273. The van der Waals surface area contributed by atoms with Gasteiger partial charge in [-0.2, -0.15) is 0 Å². The molecular weight excluding hydrogens is 542 g/mol. The fourth-order valence-electron chi connectivity index (χ4n) is 5.58. The lowest BCUT2D eigenvalue weighted by molar-refractivity contribution is -0.140. The number of nitrogens with one attached hydrogen (secondary N) is 1. The molecule has 0 spiro atoms.